The fourth-order valence-corrected chi connectivity index (χ4v) is 3.71. The van der Waals surface area contributed by atoms with Crippen LogP contribution in [0.5, 0.6) is 0 Å². The number of anilines is 1. The molecule has 0 saturated carbocycles. The molecular weight excluding hydrogens is 438 g/mol. The molecule has 1 aromatic heterocycles. The Morgan fingerprint density at radius 1 is 1.03 bits per heavy atom. The Bertz CT molecular complexity index is 1050. The number of hydrogen-bond acceptors (Lipinski definition) is 6. The van der Waals surface area contributed by atoms with Crippen LogP contribution in [0.1, 0.15) is 33.3 Å². The van der Waals surface area contributed by atoms with Gasteiger partial charge in [-0.1, -0.05) is 60.7 Å². The lowest BCUT2D eigenvalue weighted by Gasteiger charge is -2.26. The zero-order chi connectivity index (χ0) is 23.8. The van der Waals surface area contributed by atoms with E-state index < -0.39 is 29.7 Å². The normalized spacial score (nSPS) is 13.1. The van der Waals surface area contributed by atoms with Crippen molar-refractivity contribution in [1.29, 1.82) is 0 Å². The second kappa shape index (κ2) is 11.1. The minimum absolute atomic E-state index is 0.303. The maximum atomic E-state index is 13.1. The van der Waals surface area contributed by atoms with Crippen LogP contribution < -0.4 is 10.6 Å². The van der Waals surface area contributed by atoms with Crippen molar-refractivity contribution in [3.05, 3.63) is 71.6 Å². The number of hydrogen-bond donors (Lipinski definition) is 2. The number of rotatable bonds is 8. The van der Waals surface area contributed by atoms with Gasteiger partial charge in [0.15, 0.2) is 5.13 Å². The Labute approximate surface area is 198 Å². The van der Waals surface area contributed by atoms with Crippen molar-refractivity contribution in [2.45, 2.75) is 52.0 Å². The Morgan fingerprint density at radius 3 is 2.30 bits per heavy atom. The first-order chi connectivity index (χ1) is 15.7. The van der Waals surface area contributed by atoms with Crippen LogP contribution in [0, 0.1) is 0 Å². The minimum Gasteiger partial charge on any atom is -0.444 e. The van der Waals surface area contributed by atoms with Crippen LogP contribution >= 0.6 is 11.3 Å². The first-order valence-corrected chi connectivity index (χ1v) is 11.6. The highest BCUT2D eigenvalue weighted by molar-refractivity contribution is 7.14. The van der Waals surface area contributed by atoms with E-state index in [1.807, 2.05) is 66.0 Å². The van der Waals surface area contributed by atoms with Crippen molar-refractivity contribution in [2.24, 2.45) is 0 Å². The molecule has 2 atom stereocenters. The number of alkyl carbamates (subject to hydrolysis) is 1. The predicted octanol–water partition coefficient (Wildman–Crippen LogP) is 5.25. The number of benzene rings is 2. The predicted molar refractivity (Wildman–Crippen MR) is 130 cm³/mol. The highest BCUT2D eigenvalue weighted by Gasteiger charge is 2.30. The van der Waals surface area contributed by atoms with Crippen LogP contribution in [0.3, 0.4) is 0 Å². The Balaban J connectivity index is 1.70. The molecule has 3 aromatic rings. The zero-order valence-corrected chi connectivity index (χ0v) is 20.0. The van der Waals surface area contributed by atoms with E-state index >= 15 is 0 Å². The van der Waals surface area contributed by atoms with E-state index in [1.54, 1.807) is 27.7 Å². The van der Waals surface area contributed by atoms with Gasteiger partial charge >= 0.3 is 6.09 Å². The average Bonchev–Trinajstić information content (AvgIpc) is 3.24. The molecule has 0 bridgehead atoms. The van der Waals surface area contributed by atoms with Gasteiger partial charge in [0.1, 0.15) is 11.6 Å². The average molecular weight is 468 g/mol. The summed E-state index contributed by atoms with van der Waals surface area (Å²) in [7, 11) is 0. The van der Waals surface area contributed by atoms with Crippen LogP contribution in [-0.2, 0) is 20.9 Å². The third-order valence-electron chi connectivity index (χ3n) is 4.58. The molecule has 0 saturated heterocycles. The summed E-state index contributed by atoms with van der Waals surface area (Å²) in [6.45, 7) is 7.33. The SMILES string of the molecule is C[C@H](OCc1ccccc1)[C@H](NC(=O)OC(C)(C)C)C(=O)Nc1nc(-c2ccccc2)cs1. The third kappa shape index (κ3) is 7.69. The van der Waals surface area contributed by atoms with Gasteiger partial charge in [-0.25, -0.2) is 9.78 Å². The van der Waals surface area contributed by atoms with Gasteiger partial charge in [0, 0.05) is 10.9 Å². The minimum atomic E-state index is -0.979. The molecule has 7 nitrogen and oxygen atoms in total. The Morgan fingerprint density at radius 2 is 1.67 bits per heavy atom. The van der Waals surface area contributed by atoms with E-state index in [2.05, 4.69) is 15.6 Å². The Hall–Kier alpha value is -3.23. The lowest BCUT2D eigenvalue weighted by Crippen LogP contribution is -2.52. The first kappa shape index (κ1) is 24.4. The summed E-state index contributed by atoms with van der Waals surface area (Å²) < 4.78 is 11.3. The number of nitrogens with one attached hydrogen (secondary N) is 2. The molecule has 2 N–H and O–H groups in total. The van der Waals surface area contributed by atoms with Crippen molar-refractivity contribution < 1.29 is 19.1 Å². The van der Waals surface area contributed by atoms with Crippen LogP contribution in [0.25, 0.3) is 11.3 Å². The van der Waals surface area contributed by atoms with Crippen LogP contribution in [-0.4, -0.2) is 34.7 Å². The highest BCUT2D eigenvalue weighted by atomic mass is 32.1. The van der Waals surface area contributed by atoms with Crippen LogP contribution in [0.4, 0.5) is 9.93 Å². The number of carbonyl (C=O) groups excluding carboxylic acids is 2. The molecule has 174 valence electrons. The van der Waals surface area contributed by atoms with E-state index in [9.17, 15) is 9.59 Å². The van der Waals surface area contributed by atoms with E-state index in [4.69, 9.17) is 9.47 Å². The number of carbonyl (C=O) groups is 2. The monoisotopic (exact) mass is 467 g/mol. The van der Waals surface area contributed by atoms with Crippen LogP contribution in [0.15, 0.2) is 66.0 Å². The van der Waals surface area contributed by atoms with Crippen molar-refractivity contribution in [1.82, 2.24) is 10.3 Å². The first-order valence-electron chi connectivity index (χ1n) is 10.7. The summed E-state index contributed by atoms with van der Waals surface area (Å²) in [6.07, 6.45) is -1.31. The van der Waals surface area contributed by atoms with Gasteiger partial charge < -0.3 is 20.1 Å². The smallest absolute Gasteiger partial charge is 0.408 e. The number of ether oxygens (including phenoxy) is 2. The summed E-state index contributed by atoms with van der Waals surface area (Å²) >= 11 is 1.31. The maximum absolute atomic E-state index is 13.1. The maximum Gasteiger partial charge on any atom is 0.408 e. The third-order valence-corrected chi connectivity index (χ3v) is 5.34. The largest absolute Gasteiger partial charge is 0.444 e. The van der Waals surface area contributed by atoms with E-state index in [0.29, 0.717) is 11.7 Å². The number of nitrogens with zero attached hydrogens (tertiary/aromatic N) is 1. The van der Waals surface area contributed by atoms with E-state index in [-0.39, 0.29) is 0 Å². The molecule has 0 aliphatic heterocycles. The fourth-order valence-electron chi connectivity index (χ4n) is 2.98. The van der Waals surface area contributed by atoms with Crippen molar-refractivity contribution in [3.8, 4) is 11.3 Å². The number of amides is 2. The molecule has 2 aromatic carbocycles. The second-order valence-electron chi connectivity index (χ2n) is 8.52. The number of aromatic nitrogens is 1. The molecule has 0 radical (unpaired) electrons. The molecule has 2 amide bonds. The van der Waals surface area contributed by atoms with Crippen molar-refractivity contribution in [2.75, 3.05) is 5.32 Å². The lowest BCUT2D eigenvalue weighted by atomic mass is 10.1. The van der Waals surface area contributed by atoms with Gasteiger partial charge in [0.05, 0.1) is 18.4 Å². The fraction of sp³-hybridized carbons (Fsp3) is 0.320. The van der Waals surface area contributed by atoms with Crippen molar-refractivity contribution in [3.63, 3.8) is 0 Å². The van der Waals surface area contributed by atoms with E-state index in [1.165, 1.54) is 11.3 Å². The molecule has 0 aliphatic carbocycles. The molecule has 0 unspecified atom stereocenters. The highest BCUT2D eigenvalue weighted by Crippen LogP contribution is 2.25. The summed E-state index contributed by atoms with van der Waals surface area (Å²) in [5.41, 5.74) is 1.99. The van der Waals surface area contributed by atoms with Crippen molar-refractivity contribution >= 4 is 28.5 Å². The molecule has 0 spiro atoms. The molecule has 3 rings (SSSR count). The lowest BCUT2D eigenvalue weighted by molar-refractivity contribution is -0.122. The van der Waals surface area contributed by atoms with Gasteiger partial charge in [-0.2, -0.15) is 0 Å². The molecule has 0 aliphatic rings. The van der Waals surface area contributed by atoms with Gasteiger partial charge in [-0.3, -0.25) is 4.79 Å². The summed E-state index contributed by atoms with van der Waals surface area (Å²) in [6, 6.07) is 18.3. The molecule has 0 fully saturated rings. The molecule has 1 heterocycles. The number of thiazole rings is 1. The van der Waals surface area contributed by atoms with Gasteiger partial charge in [0.25, 0.3) is 5.91 Å². The molecule has 8 heteroatoms. The van der Waals surface area contributed by atoms with E-state index in [0.717, 1.165) is 16.8 Å². The van der Waals surface area contributed by atoms with Gasteiger partial charge in [-0.05, 0) is 33.3 Å². The summed E-state index contributed by atoms with van der Waals surface area (Å²) in [5, 5.41) is 7.75. The molecular formula is C25H29N3O4S. The standard InChI is InChI=1S/C25H29N3O4S/c1-17(31-15-18-11-7-5-8-12-18)21(27-24(30)32-25(2,3)4)22(29)28-23-26-20(16-33-23)19-13-9-6-10-14-19/h5-14,16-17,21H,15H2,1-4H3,(H,27,30)(H,26,28,29)/t17-,21-/m0/s1. The van der Waals surface area contributed by atoms with Gasteiger partial charge in [0.2, 0.25) is 0 Å². The summed E-state index contributed by atoms with van der Waals surface area (Å²) in [4.78, 5) is 30.0. The Kier molecular flexibility index (Phi) is 8.19. The zero-order valence-electron chi connectivity index (χ0n) is 19.2. The quantitative estimate of drug-likeness (QED) is 0.472. The van der Waals surface area contributed by atoms with Crippen LogP contribution in [0.2, 0.25) is 0 Å². The topological polar surface area (TPSA) is 89.5 Å². The summed E-state index contributed by atoms with van der Waals surface area (Å²) in [5.74, 6) is -0.435. The van der Waals surface area contributed by atoms with Gasteiger partial charge in [-0.15, -0.1) is 11.3 Å². The molecule has 33 heavy (non-hydrogen) atoms. The second-order valence-corrected chi connectivity index (χ2v) is 9.38.